The number of rotatable bonds is 8. The summed E-state index contributed by atoms with van der Waals surface area (Å²) < 4.78 is 5.10. The smallest absolute Gasteiger partial charge is 0.327 e. The molecule has 0 amide bonds. The van der Waals surface area contributed by atoms with Gasteiger partial charge in [-0.3, -0.25) is 15.0 Å². The number of likely N-dealkylation sites (N-methyl/N-ethyl adjacent to an activating group) is 1. The number of nitrogens with zero attached hydrogens (tertiary/aromatic N) is 2. The number of nitrogens with one attached hydrogen (secondary N) is 1. The van der Waals surface area contributed by atoms with E-state index in [0.29, 0.717) is 12.1 Å². The molecule has 0 bridgehead atoms. The first-order chi connectivity index (χ1) is 10.1. The highest BCUT2D eigenvalue weighted by Crippen LogP contribution is 2.37. The van der Waals surface area contributed by atoms with Crippen LogP contribution in [0.4, 0.5) is 0 Å². The van der Waals surface area contributed by atoms with Crippen LogP contribution >= 0.6 is 0 Å². The predicted molar refractivity (Wildman–Crippen MR) is 84.3 cm³/mol. The Morgan fingerprint density at radius 1 is 1.38 bits per heavy atom. The van der Waals surface area contributed by atoms with E-state index in [0.717, 1.165) is 39.1 Å². The predicted octanol–water partition coefficient (Wildman–Crippen LogP) is 1.09. The first kappa shape index (κ1) is 16.7. The molecule has 122 valence electrons. The average Bonchev–Trinajstić information content (AvgIpc) is 3.27. The van der Waals surface area contributed by atoms with Crippen LogP contribution in [0.2, 0.25) is 0 Å². The van der Waals surface area contributed by atoms with Crippen molar-refractivity contribution in [2.45, 2.75) is 57.7 Å². The summed E-state index contributed by atoms with van der Waals surface area (Å²) in [5.41, 5.74) is -0.510. The van der Waals surface area contributed by atoms with Gasteiger partial charge in [0, 0.05) is 31.7 Å². The summed E-state index contributed by atoms with van der Waals surface area (Å²) >= 11 is 0. The third-order valence-electron chi connectivity index (χ3n) is 5.04. The largest absolute Gasteiger partial charge is 0.468 e. The number of hydrogen-bond donors (Lipinski definition) is 1. The normalized spacial score (nSPS) is 30.0. The van der Waals surface area contributed by atoms with Crippen molar-refractivity contribution in [2.24, 2.45) is 0 Å². The number of ether oxygens (including phenoxy) is 1. The molecule has 1 saturated carbocycles. The van der Waals surface area contributed by atoms with Gasteiger partial charge in [-0.2, -0.15) is 0 Å². The maximum Gasteiger partial charge on any atom is 0.327 e. The fourth-order valence-corrected chi connectivity index (χ4v) is 3.59. The standard InChI is InChI=1S/C16H31N3O2/c1-5-18(6-2)10-9-17-16(15(20)21-4)11-13(3)19(12-16)14-7-8-14/h13-14,17H,5-12H2,1-4H3. The van der Waals surface area contributed by atoms with Gasteiger partial charge < -0.3 is 9.64 Å². The van der Waals surface area contributed by atoms with Crippen molar-refractivity contribution >= 4 is 5.97 Å². The molecule has 0 radical (unpaired) electrons. The summed E-state index contributed by atoms with van der Waals surface area (Å²) in [5.74, 6) is -0.1000. The SMILES string of the molecule is CCN(CC)CCNC1(C(=O)OC)CC(C)N(C2CC2)C1. The lowest BCUT2D eigenvalue weighted by molar-refractivity contribution is -0.148. The molecule has 21 heavy (non-hydrogen) atoms. The third kappa shape index (κ3) is 3.76. The minimum Gasteiger partial charge on any atom is -0.468 e. The van der Waals surface area contributed by atoms with Gasteiger partial charge in [0.1, 0.15) is 5.54 Å². The summed E-state index contributed by atoms with van der Waals surface area (Å²) in [6.07, 6.45) is 3.41. The quantitative estimate of drug-likeness (QED) is 0.679. The van der Waals surface area contributed by atoms with Crippen LogP contribution in [0.15, 0.2) is 0 Å². The number of carbonyl (C=O) groups is 1. The number of likely N-dealkylation sites (tertiary alicyclic amines) is 1. The summed E-state index contributed by atoms with van der Waals surface area (Å²) in [7, 11) is 1.50. The molecule has 1 aliphatic heterocycles. The molecule has 2 rings (SSSR count). The van der Waals surface area contributed by atoms with E-state index in [4.69, 9.17) is 4.74 Å². The van der Waals surface area contributed by atoms with Gasteiger partial charge in [-0.15, -0.1) is 0 Å². The molecule has 1 heterocycles. The summed E-state index contributed by atoms with van der Waals surface area (Å²) in [4.78, 5) is 17.2. The first-order valence-electron chi connectivity index (χ1n) is 8.37. The van der Waals surface area contributed by atoms with Gasteiger partial charge in [-0.05, 0) is 39.3 Å². The molecule has 0 aromatic heterocycles. The summed E-state index contributed by atoms with van der Waals surface area (Å²) in [5, 5.41) is 3.53. The number of hydrogen-bond acceptors (Lipinski definition) is 5. The first-order valence-corrected chi connectivity index (χ1v) is 8.37. The Kier molecular flexibility index (Phi) is 5.63. The van der Waals surface area contributed by atoms with Crippen molar-refractivity contribution < 1.29 is 9.53 Å². The Labute approximate surface area is 129 Å². The Balaban J connectivity index is 1.96. The van der Waals surface area contributed by atoms with Gasteiger partial charge in [0.05, 0.1) is 7.11 Å². The molecule has 5 heteroatoms. The molecule has 1 N–H and O–H groups in total. The van der Waals surface area contributed by atoms with E-state index in [2.05, 4.69) is 35.9 Å². The average molecular weight is 297 g/mol. The summed E-state index contributed by atoms with van der Waals surface area (Å²) in [6.45, 7) is 11.3. The van der Waals surface area contributed by atoms with Crippen molar-refractivity contribution in [3.8, 4) is 0 Å². The monoisotopic (exact) mass is 297 g/mol. The Morgan fingerprint density at radius 3 is 2.57 bits per heavy atom. The second-order valence-corrected chi connectivity index (χ2v) is 6.48. The molecule has 0 spiro atoms. The molecule has 0 aromatic rings. The zero-order valence-corrected chi connectivity index (χ0v) is 14.0. The van der Waals surface area contributed by atoms with Crippen LogP contribution < -0.4 is 5.32 Å². The second-order valence-electron chi connectivity index (χ2n) is 6.48. The molecule has 2 fully saturated rings. The third-order valence-corrected chi connectivity index (χ3v) is 5.04. The van der Waals surface area contributed by atoms with E-state index in [1.807, 2.05) is 0 Å². The molecule has 2 atom stereocenters. The molecule has 2 aliphatic rings. The van der Waals surface area contributed by atoms with Crippen LogP contribution in [0.3, 0.4) is 0 Å². The Hall–Kier alpha value is -0.650. The highest BCUT2D eigenvalue weighted by Gasteiger charge is 2.51. The molecule has 1 aliphatic carbocycles. The minimum absolute atomic E-state index is 0.1000. The van der Waals surface area contributed by atoms with Crippen LogP contribution in [0, 0.1) is 0 Å². The van der Waals surface area contributed by atoms with Crippen molar-refractivity contribution in [2.75, 3.05) is 39.8 Å². The minimum atomic E-state index is -0.510. The van der Waals surface area contributed by atoms with E-state index in [9.17, 15) is 4.79 Å². The molecular weight excluding hydrogens is 266 g/mol. The molecule has 0 aromatic carbocycles. The molecule has 5 nitrogen and oxygen atoms in total. The highest BCUT2D eigenvalue weighted by atomic mass is 16.5. The van der Waals surface area contributed by atoms with Crippen molar-refractivity contribution in [1.29, 1.82) is 0 Å². The van der Waals surface area contributed by atoms with E-state index in [1.165, 1.54) is 20.0 Å². The van der Waals surface area contributed by atoms with Crippen LogP contribution in [-0.2, 0) is 9.53 Å². The van der Waals surface area contributed by atoms with Crippen LogP contribution in [0.25, 0.3) is 0 Å². The van der Waals surface area contributed by atoms with Gasteiger partial charge in [-0.1, -0.05) is 13.8 Å². The van der Waals surface area contributed by atoms with E-state index in [1.54, 1.807) is 0 Å². The molecule has 1 saturated heterocycles. The lowest BCUT2D eigenvalue weighted by Crippen LogP contribution is -2.56. The van der Waals surface area contributed by atoms with Gasteiger partial charge in [0.15, 0.2) is 0 Å². The van der Waals surface area contributed by atoms with Crippen molar-refractivity contribution in [1.82, 2.24) is 15.1 Å². The summed E-state index contributed by atoms with van der Waals surface area (Å²) in [6, 6.07) is 1.15. The second kappa shape index (κ2) is 7.07. The topological polar surface area (TPSA) is 44.8 Å². The maximum atomic E-state index is 12.4. The fraction of sp³-hybridized carbons (Fsp3) is 0.938. The van der Waals surface area contributed by atoms with E-state index >= 15 is 0 Å². The number of methoxy groups -OCH3 is 1. The zero-order chi connectivity index (χ0) is 15.5. The van der Waals surface area contributed by atoms with E-state index < -0.39 is 5.54 Å². The van der Waals surface area contributed by atoms with Gasteiger partial charge >= 0.3 is 5.97 Å². The maximum absolute atomic E-state index is 12.4. The number of carbonyl (C=O) groups excluding carboxylic acids is 1. The Morgan fingerprint density at radius 2 is 2.05 bits per heavy atom. The van der Waals surface area contributed by atoms with Crippen molar-refractivity contribution in [3.63, 3.8) is 0 Å². The van der Waals surface area contributed by atoms with E-state index in [-0.39, 0.29) is 5.97 Å². The van der Waals surface area contributed by atoms with Crippen LogP contribution in [-0.4, -0.2) is 73.2 Å². The lowest BCUT2D eigenvalue weighted by atomic mass is 9.96. The lowest BCUT2D eigenvalue weighted by Gasteiger charge is -2.29. The zero-order valence-electron chi connectivity index (χ0n) is 14.0. The van der Waals surface area contributed by atoms with Gasteiger partial charge in [0.2, 0.25) is 0 Å². The van der Waals surface area contributed by atoms with Crippen LogP contribution in [0.1, 0.15) is 40.0 Å². The van der Waals surface area contributed by atoms with Crippen molar-refractivity contribution in [3.05, 3.63) is 0 Å². The fourth-order valence-electron chi connectivity index (χ4n) is 3.59. The Bertz CT molecular complexity index is 355. The van der Waals surface area contributed by atoms with Gasteiger partial charge in [0.25, 0.3) is 0 Å². The number of esters is 1. The van der Waals surface area contributed by atoms with Crippen LogP contribution in [0.5, 0.6) is 0 Å². The van der Waals surface area contributed by atoms with Gasteiger partial charge in [-0.25, -0.2) is 0 Å². The molecular formula is C16H31N3O2. The highest BCUT2D eigenvalue weighted by molar-refractivity contribution is 5.81. The molecule has 2 unspecified atom stereocenters.